The number of hydrogen-bond acceptors (Lipinski definition) is 3. The summed E-state index contributed by atoms with van der Waals surface area (Å²) in [6.07, 6.45) is -0.417. The third kappa shape index (κ3) is 2.06. The Balaban J connectivity index is 2.30. The maximum Gasteiger partial charge on any atom is 0.195 e. The smallest absolute Gasteiger partial charge is 0.195 e. The molecule has 1 aromatic carbocycles. The van der Waals surface area contributed by atoms with Gasteiger partial charge < -0.3 is 14.6 Å². The van der Waals surface area contributed by atoms with Gasteiger partial charge in [0.15, 0.2) is 5.79 Å². The fraction of sp³-hybridized carbons (Fsp3) is 0.455. The van der Waals surface area contributed by atoms with Gasteiger partial charge in [-0.05, 0) is 25.1 Å². The average molecular weight is 247 g/mol. The topological polar surface area (TPSA) is 38.7 Å². The average Bonchev–Trinajstić information content (AvgIpc) is 2.61. The second kappa shape index (κ2) is 4.30. The lowest BCUT2D eigenvalue weighted by Crippen LogP contribution is -2.26. The first-order valence-electron chi connectivity index (χ1n) is 4.93. The van der Waals surface area contributed by atoms with E-state index in [0.29, 0.717) is 5.02 Å². The van der Waals surface area contributed by atoms with Crippen molar-refractivity contribution in [2.75, 3.05) is 13.2 Å². The van der Waals surface area contributed by atoms with Gasteiger partial charge in [0.05, 0.1) is 13.2 Å². The number of halogens is 2. The van der Waals surface area contributed by atoms with Crippen molar-refractivity contribution in [3.05, 3.63) is 34.6 Å². The van der Waals surface area contributed by atoms with Crippen molar-refractivity contribution >= 4 is 11.6 Å². The molecule has 1 aliphatic rings. The Morgan fingerprint density at radius 1 is 1.62 bits per heavy atom. The molecule has 1 saturated heterocycles. The maximum absolute atomic E-state index is 13.7. The van der Waals surface area contributed by atoms with Gasteiger partial charge in [-0.1, -0.05) is 11.6 Å². The zero-order chi connectivity index (χ0) is 11.8. The SMILES string of the molecule is CC1(c2ccc(Cl)cc2F)OCC(CO)O1. The van der Waals surface area contributed by atoms with E-state index in [9.17, 15) is 4.39 Å². The van der Waals surface area contributed by atoms with Crippen molar-refractivity contribution in [3.63, 3.8) is 0 Å². The van der Waals surface area contributed by atoms with Crippen LogP contribution in [0.2, 0.25) is 5.02 Å². The van der Waals surface area contributed by atoms with Crippen LogP contribution in [0.25, 0.3) is 0 Å². The molecule has 16 heavy (non-hydrogen) atoms. The number of benzene rings is 1. The summed E-state index contributed by atoms with van der Waals surface area (Å²) in [5.41, 5.74) is 0.285. The summed E-state index contributed by atoms with van der Waals surface area (Å²) < 4.78 is 24.5. The largest absolute Gasteiger partial charge is 0.394 e. The zero-order valence-electron chi connectivity index (χ0n) is 8.74. The van der Waals surface area contributed by atoms with E-state index >= 15 is 0 Å². The van der Waals surface area contributed by atoms with Crippen molar-refractivity contribution in [3.8, 4) is 0 Å². The first-order valence-corrected chi connectivity index (χ1v) is 5.31. The molecule has 0 radical (unpaired) electrons. The third-order valence-electron chi connectivity index (χ3n) is 2.56. The van der Waals surface area contributed by atoms with Crippen LogP contribution in [0.1, 0.15) is 12.5 Å². The van der Waals surface area contributed by atoms with Crippen LogP contribution in [-0.4, -0.2) is 24.4 Å². The predicted molar refractivity (Wildman–Crippen MR) is 56.7 cm³/mol. The van der Waals surface area contributed by atoms with E-state index in [0.717, 1.165) is 0 Å². The molecule has 0 aliphatic carbocycles. The minimum atomic E-state index is -1.15. The first-order chi connectivity index (χ1) is 7.55. The van der Waals surface area contributed by atoms with Crippen molar-refractivity contribution < 1.29 is 19.0 Å². The molecule has 1 aliphatic heterocycles. The summed E-state index contributed by atoms with van der Waals surface area (Å²) in [4.78, 5) is 0. The van der Waals surface area contributed by atoms with Crippen LogP contribution in [0, 0.1) is 5.82 Å². The van der Waals surface area contributed by atoms with E-state index < -0.39 is 17.7 Å². The molecule has 2 unspecified atom stereocenters. The molecule has 0 spiro atoms. The number of hydrogen-bond donors (Lipinski definition) is 1. The summed E-state index contributed by atoms with van der Waals surface area (Å²) in [5, 5.41) is 9.26. The van der Waals surface area contributed by atoms with Crippen molar-refractivity contribution in [1.29, 1.82) is 0 Å². The summed E-state index contributed by atoms with van der Waals surface area (Å²) in [6.45, 7) is 1.72. The highest BCUT2D eigenvalue weighted by atomic mass is 35.5. The van der Waals surface area contributed by atoms with Gasteiger partial charge in [-0.15, -0.1) is 0 Å². The van der Waals surface area contributed by atoms with Gasteiger partial charge in [0.25, 0.3) is 0 Å². The van der Waals surface area contributed by atoms with Gasteiger partial charge in [0.2, 0.25) is 0 Å². The molecular weight excluding hydrogens is 235 g/mol. The van der Waals surface area contributed by atoms with Gasteiger partial charge in [-0.2, -0.15) is 0 Å². The predicted octanol–water partition coefficient (Wildman–Crippen LogP) is 2.06. The number of ether oxygens (including phenoxy) is 2. The molecule has 1 fully saturated rings. The Morgan fingerprint density at radius 3 is 2.94 bits per heavy atom. The fourth-order valence-corrected chi connectivity index (χ4v) is 1.89. The highest BCUT2D eigenvalue weighted by Gasteiger charge is 2.40. The quantitative estimate of drug-likeness (QED) is 0.868. The van der Waals surface area contributed by atoms with Gasteiger partial charge in [0.1, 0.15) is 11.9 Å². The van der Waals surface area contributed by atoms with Gasteiger partial charge >= 0.3 is 0 Å². The molecule has 0 aromatic heterocycles. The summed E-state index contributed by atoms with van der Waals surface area (Å²) >= 11 is 5.66. The molecule has 1 heterocycles. The highest BCUT2D eigenvalue weighted by molar-refractivity contribution is 6.30. The lowest BCUT2D eigenvalue weighted by molar-refractivity contribution is -0.167. The number of aliphatic hydroxyl groups is 1. The van der Waals surface area contributed by atoms with Crippen LogP contribution in [0.3, 0.4) is 0 Å². The van der Waals surface area contributed by atoms with E-state index in [1.165, 1.54) is 12.1 Å². The van der Waals surface area contributed by atoms with Crippen LogP contribution in [0.5, 0.6) is 0 Å². The maximum atomic E-state index is 13.7. The van der Waals surface area contributed by atoms with E-state index in [1.807, 2.05) is 0 Å². The molecule has 1 aromatic rings. The molecule has 2 rings (SSSR count). The van der Waals surface area contributed by atoms with E-state index in [4.69, 9.17) is 26.2 Å². The van der Waals surface area contributed by atoms with Gasteiger partial charge in [0, 0.05) is 10.6 Å². The van der Waals surface area contributed by atoms with Crippen LogP contribution in [-0.2, 0) is 15.3 Å². The molecule has 0 bridgehead atoms. The second-order valence-electron chi connectivity index (χ2n) is 3.80. The molecular formula is C11H12ClFO3. The summed E-state index contributed by atoms with van der Waals surface area (Å²) in [6, 6.07) is 4.31. The number of rotatable bonds is 2. The Morgan fingerprint density at radius 2 is 2.38 bits per heavy atom. The fourth-order valence-electron chi connectivity index (χ4n) is 1.73. The highest BCUT2D eigenvalue weighted by Crippen LogP contribution is 2.35. The van der Waals surface area contributed by atoms with Crippen LogP contribution in [0.15, 0.2) is 18.2 Å². The lowest BCUT2D eigenvalue weighted by atomic mass is 10.1. The first kappa shape index (κ1) is 11.8. The van der Waals surface area contributed by atoms with Gasteiger partial charge in [-0.3, -0.25) is 0 Å². The monoisotopic (exact) mass is 246 g/mol. The standard InChI is InChI=1S/C11H12ClFO3/c1-11(15-6-8(5-14)16-11)9-3-2-7(12)4-10(9)13/h2-4,8,14H,5-6H2,1H3. The molecule has 0 amide bonds. The molecule has 0 saturated carbocycles. The second-order valence-corrected chi connectivity index (χ2v) is 4.24. The minimum Gasteiger partial charge on any atom is -0.394 e. The Kier molecular flexibility index (Phi) is 3.17. The van der Waals surface area contributed by atoms with Crippen molar-refractivity contribution in [2.45, 2.75) is 18.8 Å². The van der Waals surface area contributed by atoms with Crippen LogP contribution >= 0.6 is 11.6 Å². The molecule has 2 atom stereocenters. The van der Waals surface area contributed by atoms with Crippen molar-refractivity contribution in [1.82, 2.24) is 0 Å². The molecule has 3 nitrogen and oxygen atoms in total. The van der Waals surface area contributed by atoms with Gasteiger partial charge in [-0.25, -0.2) is 4.39 Å². The van der Waals surface area contributed by atoms with E-state index in [-0.39, 0.29) is 18.8 Å². The molecule has 5 heteroatoms. The molecule has 88 valence electrons. The van der Waals surface area contributed by atoms with E-state index in [2.05, 4.69) is 0 Å². The van der Waals surface area contributed by atoms with Crippen LogP contribution < -0.4 is 0 Å². The lowest BCUT2D eigenvalue weighted by Gasteiger charge is -2.24. The summed E-state index contributed by atoms with van der Waals surface area (Å²) in [7, 11) is 0. The number of aliphatic hydroxyl groups excluding tert-OH is 1. The zero-order valence-corrected chi connectivity index (χ0v) is 9.50. The summed E-state index contributed by atoms with van der Waals surface area (Å²) in [5.74, 6) is -1.63. The Bertz CT molecular complexity index is 399. The molecule has 1 N–H and O–H groups in total. The van der Waals surface area contributed by atoms with E-state index in [1.54, 1.807) is 13.0 Å². The van der Waals surface area contributed by atoms with Crippen molar-refractivity contribution in [2.24, 2.45) is 0 Å². The Hall–Kier alpha value is -0.680. The normalized spacial score (nSPS) is 29.6. The third-order valence-corrected chi connectivity index (χ3v) is 2.80. The Labute approximate surface area is 97.7 Å². The van der Waals surface area contributed by atoms with Crippen LogP contribution in [0.4, 0.5) is 4.39 Å². The minimum absolute atomic E-state index is 0.148.